The average Bonchev–Trinajstić information content (AvgIpc) is 1.54. The first-order valence-electron chi connectivity index (χ1n) is 49.0. The summed E-state index contributed by atoms with van der Waals surface area (Å²) >= 11 is 7.54. The molecule has 1 aliphatic rings. The minimum Gasteiger partial charge on any atom is -0.454 e. The predicted molar refractivity (Wildman–Crippen MR) is 623 cm³/mol. The van der Waals surface area contributed by atoms with E-state index >= 15 is 0 Å². The second kappa shape index (κ2) is 33.0. The van der Waals surface area contributed by atoms with Crippen molar-refractivity contribution in [2.75, 3.05) is 14.7 Å². The van der Waals surface area contributed by atoms with Crippen LogP contribution in [0, 0.1) is 0 Å². The van der Waals surface area contributed by atoms with Gasteiger partial charge in [0.2, 0.25) is 0 Å². The van der Waals surface area contributed by atoms with Crippen molar-refractivity contribution < 1.29 is 4.42 Å². The van der Waals surface area contributed by atoms with E-state index in [1.54, 1.807) is 0 Å². The highest BCUT2D eigenvalue weighted by Crippen LogP contribution is 2.58. The summed E-state index contributed by atoms with van der Waals surface area (Å²) in [5.41, 5.74) is 19.8. The Labute approximate surface area is 840 Å². The number of fused-ring (bicyclic) bond motifs is 39. The molecular weight excluding hydrogens is 1810 g/mol. The zero-order chi connectivity index (χ0) is 94.2. The smallest absolute Gasteiger partial charge is 0.159 e. The van der Waals surface area contributed by atoms with Crippen LogP contribution in [0.4, 0.5) is 51.2 Å². The first-order valence-corrected chi connectivity index (χ1v) is 52.2. The fourth-order valence-corrected chi connectivity index (χ4v) is 28.4. The van der Waals surface area contributed by atoms with Crippen LogP contribution < -0.4 is 14.7 Å². The van der Waals surface area contributed by atoms with Gasteiger partial charge in [-0.3, -0.25) is 0 Å². The summed E-state index contributed by atoms with van der Waals surface area (Å²) in [6.07, 6.45) is 0. The molecule has 0 atom stereocenters. The molecule has 0 fully saturated rings. The van der Waals surface area contributed by atoms with Crippen molar-refractivity contribution in [3.05, 3.63) is 490 Å². The Balaban J connectivity index is 0.000000102. The molecule has 0 saturated heterocycles. The Morgan fingerprint density at radius 3 is 1.15 bits per heavy atom. The highest BCUT2D eigenvalue weighted by molar-refractivity contribution is 7.28. The molecule has 8 heteroatoms. The van der Waals surface area contributed by atoms with E-state index in [-0.39, 0.29) is 5.41 Å². The van der Waals surface area contributed by atoms with E-state index < -0.39 is 0 Å². The molecule has 25 aromatic carbocycles. The number of thiophene rings is 4. The van der Waals surface area contributed by atoms with Crippen LogP contribution in [0.25, 0.3) is 222 Å². The Hall–Kier alpha value is -17.1. The lowest BCUT2D eigenvalue weighted by Crippen LogP contribution is -2.15. The van der Waals surface area contributed by atoms with E-state index in [1.165, 1.54) is 211 Å². The van der Waals surface area contributed by atoms with Crippen LogP contribution in [0.2, 0.25) is 0 Å². The minimum absolute atomic E-state index is 0.0869. The van der Waals surface area contributed by atoms with E-state index in [9.17, 15) is 0 Å². The van der Waals surface area contributed by atoms with Crippen LogP contribution >= 0.6 is 45.3 Å². The molecule has 0 aliphatic heterocycles. The summed E-state index contributed by atoms with van der Waals surface area (Å²) in [5.74, 6) is 0. The molecule has 0 N–H and O–H groups in total. The zero-order valence-electron chi connectivity index (χ0n) is 78.0. The molecule has 0 radical (unpaired) electrons. The molecule has 0 amide bonds. The van der Waals surface area contributed by atoms with E-state index in [4.69, 9.17) is 4.42 Å². The summed E-state index contributed by atoms with van der Waals surface area (Å²) in [6.45, 7) is 4.79. The van der Waals surface area contributed by atoms with E-state index in [0.29, 0.717) is 0 Å². The van der Waals surface area contributed by atoms with Gasteiger partial charge in [0.25, 0.3) is 0 Å². The summed E-state index contributed by atoms with van der Waals surface area (Å²) in [7, 11) is 0. The molecule has 1 aliphatic carbocycles. The predicted octanol–water partition coefficient (Wildman–Crippen LogP) is 41.2. The Morgan fingerprint density at radius 1 is 0.203 bits per heavy atom. The molecule has 143 heavy (non-hydrogen) atoms. The molecule has 30 aromatic rings. The number of hydrogen-bond donors (Lipinski definition) is 0. The Bertz CT molecular complexity index is 10500. The third kappa shape index (κ3) is 13.2. The van der Waals surface area contributed by atoms with Crippen molar-refractivity contribution >= 4 is 296 Å². The monoisotopic (exact) mass is 1890 g/mol. The number of rotatable bonds is 10. The molecule has 670 valence electrons. The Kier molecular flexibility index (Phi) is 19.2. The molecule has 4 nitrogen and oxygen atoms in total. The molecule has 31 rings (SSSR count). The van der Waals surface area contributed by atoms with Gasteiger partial charge in [0, 0.05) is 153 Å². The van der Waals surface area contributed by atoms with Gasteiger partial charge in [0.1, 0.15) is 5.58 Å². The van der Waals surface area contributed by atoms with Crippen LogP contribution in [0.3, 0.4) is 0 Å². The van der Waals surface area contributed by atoms with Crippen molar-refractivity contribution in [2.45, 2.75) is 19.3 Å². The van der Waals surface area contributed by atoms with Gasteiger partial charge in [-0.2, -0.15) is 0 Å². The van der Waals surface area contributed by atoms with E-state index in [2.05, 4.69) is 496 Å². The van der Waals surface area contributed by atoms with Crippen molar-refractivity contribution in [3.63, 3.8) is 0 Å². The van der Waals surface area contributed by atoms with Crippen molar-refractivity contribution in [1.29, 1.82) is 0 Å². The second-order valence-corrected chi connectivity index (χ2v) is 42.5. The molecule has 0 spiro atoms. The molecule has 0 bridgehead atoms. The van der Waals surface area contributed by atoms with Gasteiger partial charge in [-0.25, -0.2) is 0 Å². The summed E-state index contributed by atoms with van der Waals surface area (Å²) in [4.78, 5) is 7.08. The average molecular weight is 1890 g/mol. The van der Waals surface area contributed by atoms with Crippen molar-refractivity contribution in [1.82, 2.24) is 0 Å². The van der Waals surface area contributed by atoms with Crippen LogP contribution in [0.1, 0.15) is 25.0 Å². The van der Waals surface area contributed by atoms with Crippen LogP contribution in [0.5, 0.6) is 0 Å². The number of furan rings is 1. The van der Waals surface area contributed by atoms with Crippen molar-refractivity contribution in [3.8, 4) is 22.3 Å². The largest absolute Gasteiger partial charge is 0.454 e. The van der Waals surface area contributed by atoms with Gasteiger partial charge in [0.05, 0.1) is 5.69 Å². The summed E-state index contributed by atoms with van der Waals surface area (Å²) in [6, 6.07) is 175. The first-order chi connectivity index (χ1) is 70.7. The van der Waals surface area contributed by atoms with Gasteiger partial charge in [-0.15, -0.1) is 45.3 Å². The number of benzene rings is 25. The SMILES string of the molecule is CC1(C)c2ccccc2-c2c1c1ccc3cc(N(c4ccccc4)c4ccc5sc6ccccc6c5c4)ccc3c1c1ccccc21.c1ccc(N(c2ccc(-c3ccc4c(ccc5c4c4ccccc4c4sc6ccccc6c54)c3)cc2)c2cccc3c2oc2ccccc23)cc1.c1ccc(N(c2ccc3c(ccc4c5sc6ccccc6c5c5ccccc5c34)c2)c2ccc3sc4ccccc4c3c2)cc1. The number of hydrogen-bond acceptors (Lipinski definition) is 8. The fourth-order valence-electron chi connectivity index (χ4n) is 23.7. The number of nitrogens with zero attached hydrogens (tertiary/aromatic N) is 3. The lowest BCUT2D eigenvalue weighted by Gasteiger charge is -2.27. The fraction of sp³-hybridized carbons (Fsp3) is 0.0222. The third-order valence-electron chi connectivity index (χ3n) is 30.0. The standard InChI is InChI=1S/C48H29NOS.C45H31NS.C42H25NS2/c1-2-11-33(12-3-1)49(42-18-10-17-38-36-13-6-8-19-43(36)50-47(38)42)34-25-21-30(22-26-34)31-23-27-35-32(29-31)24-28-41-45(35)37-14-4-5-15-39(37)48-46(41)40-16-7-9-20-44(40)51-48;1-45(2)39-18-10-8-17-36(39)43-35-16-7-6-15-34(35)42-32-24-21-30(26-28(32)20-23-37(42)44(43)45)46(29-12-4-3-5-13-29)31-22-25-41-38(27-31)33-14-9-11-19-40(33)47-41;1-2-10-27(11-3-1)43(29-20-23-39-36(25-29)31-12-6-8-16-37(31)44-39)28-19-22-30-26(24-28)18-21-35-40(30)32-13-4-5-14-33(32)41-34-15-7-9-17-38(34)45-42(35)41/h1-29H;3-27H,1-2H3;1-25H. The van der Waals surface area contributed by atoms with E-state index in [0.717, 1.165) is 73.1 Å². The van der Waals surface area contributed by atoms with Gasteiger partial charge in [0.15, 0.2) is 5.58 Å². The van der Waals surface area contributed by atoms with Gasteiger partial charge < -0.3 is 19.1 Å². The van der Waals surface area contributed by atoms with Gasteiger partial charge in [-0.05, 0) is 271 Å². The van der Waals surface area contributed by atoms with Crippen LogP contribution in [0.15, 0.2) is 484 Å². The van der Waals surface area contributed by atoms with Gasteiger partial charge >= 0.3 is 0 Å². The lowest BCUT2D eigenvalue weighted by molar-refractivity contribution is 0.666. The van der Waals surface area contributed by atoms with E-state index in [1.807, 2.05) is 57.5 Å². The van der Waals surface area contributed by atoms with Crippen LogP contribution in [-0.2, 0) is 5.41 Å². The summed E-state index contributed by atoms with van der Waals surface area (Å²) < 4.78 is 17.2. The normalized spacial score (nSPS) is 12.5. The minimum atomic E-state index is -0.0869. The second-order valence-electron chi connectivity index (χ2n) is 38.2. The maximum Gasteiger partial charge on any atom is 0.159 e. The molecule has 5 aromatic heterocycles. The number of para-hydroxylation sites is 5. The van der Waals surface area contributed by atoms with Crippen molar-refractivity contribution in [2.24, 2.45) is 0 Å². The number of anilines is 9. The van der Waals surface area contributed by atoms with Crippen LogP contribution in [-0.4, -0.2) is 0 Å². The highest BCUT2D eigenvalue weighted by Gasteiger charge is 2.39. The molecule has 0 unspecified atom stereocenters. The highest BCUT2D eigenvalue weighted by atomic mass is 32.1. The third-order valence-corrected chi connectivity index (χ3v) is 34.7. The quantitative estimate of drug-likeness (QED) is 0.127. The maximum atomic E-state index is 6.50. The molecular formula is C135H85N3OS4. The first kappa shape index (κ1) is 82.9. The molecule has 0 saturated carbocycles. The molecule has 5 heterocycles. The summed E-state index contributed by atoms with van der Waals surface area (Å²) in [5, 5.41) is 36.5. The Morgan fingerprint density at radius 2 is 0.566 bits per heavy atom. The zero-order valence-corrected chi connectivity index (χ0v) is 81.3. The topological polar surface area (TPSA) is 22.9 Å². The lowest BCUT2D eigenvalue weighted by atomic mass is 9.78. The van der Waals surface area contributed by atoms with Gasteiger partial charge in [-0.1, -0.05) is 341 Å². The maximum absolute atomic E-state index is 6.50.